The molecule has 0 aliphatic heterocycles. The largest absolute Gasteiger partial charge is 0.368 e. The quantitative estimate of drug-likeness (QED) is 0.531. The topological polar surface area (TPSA) is 150 Å². The normalized spacial score (nSPS) is 9.95. The standard InChI is InChI=1S/C11H11BrN4O5/c12-7-2-1-6(3-8(7)16(20)21)11(19)15(4-9(13)17)5-10(14)18/h1-3H,4-5H2,(H2,13,17)(H2,14,18). The fourth-order valence-corrected chi connectivity index (χ4v) is 1.94. The van der Waals surface area contributed by atoms with Gasteiger partial charge < -0.3 is 16.4 Å². The predicted octanol–water partition coefficient (Wildman–Crippen LogP) is -0.230. The van der Waals surface area contributed by atoms with Gasteiger partial charge in [0.25, 0.3) is 11.6 Å². The lowest BCUT2D eigenvalue weighted by molar-refractivity contribution is -0.385. The third kappa shape index (κ3) is 4.53. The van der Waals surface area contributed by atoms with Gasteiger partial charge in [0.15, 0.2) is 0 Å². The summed E-state index contributed by atoms with van der Waals surface area (Å²) in [6.45, 7) is -1.04. The van der Waals surface area contributed by atoms with E-state index in [1.165, 1.54) is 12.1 Å². The highest BCUT2D eigenvalue weighted by molar-refractivity contribution is 9.10. The van der Waals surface area contributed by atoms with Gasteiger partial charge in [-0.05, 0) is 28.1 Å². The van der Waals surface area contributed by atoms with Crippen molar-refractivity contribution in [2.45, 2.75) is 0 Å². The van der Waals surface area contributed by atoms with Crippen LogP contribution in [0.5, 0.6) is 0 Å². The fraction of sp³-hybridized carbons (Fsp3) is 0.182. The number of primary amides is 2. The van der Waals surface area contributed by atoms with E-state index >= 15 is 0 Å². The molecule has 21 heavy (non-hydrogen) atoms. The van der Waals surface area contributed by atoms with Crippen LogP contribution >= 0.6 is 15.9 Å². The summed E-state index contributed by atoms with van der Waals surface area (Å²) in [5, 5.41) is 10.8. The minimum Gasteiger partial charge on any atom is -0.368 e. The zero-order valence-corrected chi connectivity index (χ0v) is 12.2. The van der Waals surface area contributed by atoms with E-state index < -0.39 is 35.7 Å². The number of rotatable bonds is 6. The van der Waals surface area contributed by atoms with Crippen molar-refractivity contribution in [1.29, 1.82) is 0 Å². The number of benzene rings is 1. The molecule has 10 heteroatoms. The minimum absolute atomic E-state index is 0.0626. The monoisotopic (exact) mass is 358 g/mol. The van der Waals surface area contributed by atoms with Gasteiger partial charge in [-0.3, -0.25) is 24.5 Å². The van der Waals surface area contributed by atoms with Gasteiger partial charge in [0, 0.05) is 11.6 Å². The molecule has 0 atom stereocenters. The van der Waals surface area contributed by atoms with Crippen molar-refractivity contribution >= 4 is 39.3 Å². The van der Waals surface area contributed by atoms with E-state index in [2.05, 4.69) is 15.9 Å². The zero-order chi connectivity index (χ0) is 16.2. The number of nitrogens with two attached hydrogens (primary N) is 2. The Balaban J connectivity index is 3.13. The van der Waals surface area contributed by atoms with Gasteiger partial charge in [0.2, 0.25) is 11.8 Å². The molecule has 1 aromatic carbocycles. The number of nitrogens with zero attached hydrogens (tertiary/aromatic N) is 2. The number of nitro groups is 1. The van der Waals surface area contributed by atoms with Crippen LogP contribution in [0.4, 0.5) is 5.69 Å². The highest BCUT2D eigenvalue weighted by Gasteiger charge is 2.22. The summed E-state index contributed by atoms with van der Waals surface area (Å²) in [6, 6.07) is 3.66. The van der Waals surface area contributed by atoms with Crippen molar-refractivity contribution in [1.82, 2.24) is 4.90 Å². The number of carbonyl (C=O) groups excluding carboxylic acids is 3. The molecule has 1 aromatic rings. The van der Waals surface area contributed by atoms with E-state index in [9.17, 15) is 24.5 Å². The Bertz CT molecular complexity index is 603. The SMILES string of the molecule is NC(=O)CN(CC(N)=O)C(=O)c1ccc(Br)c([N+](=O)[O-])c1. The van der Waals surface area contributed by atoms with Crippen LogP contribution in [0.3, 0.4) is 0 Å². The molecule has 112 valence electrons. The second-order valence-electron chi connectivity index (χ2n) is 4.02. The number of nitro benzene ring substituents is 1. The van der Waals surface area contributed by atoms with Gasteiger partial charge >= 0.3 is 0 Å². The minimum atomic E-state index is -0.837. The maximum Gasteiger partial charge on any atom is 0.284 e. The van der Waals surface area contributed by atoms with Crippen molar-refractivity contribution in [2.75, 3.05) is 13.1 Å². The molecule has 3 amide bonds. The van der Waals surface area contributed by atoms with Gasteiger partial charge in [-0.15, -0.1) is 0 Å². The van der Waals surface area contributed by atoms with E-state index in [4.69, 9.17) is 11.5 Å². The van der Waals surface area contributed by atoms with Crippen LogP contribution in [0.2, 0.25) is 0 Å². The van der Waals surface area contributed by atoms with E-state index in [1.54, 1.807) is 0 Å². The van der Waals surface area contributed by atoms with E-state index in [1.807, 2.05) is 0 Å². The van der Waals surface area contributed by atoms with E-state index in [0.29, 0.717) is 0 Å². The Morgan fingerprint density at radius 3 is 2.14 bits per heavy atom. The lowest BCUT2D eigenvalue weighted by Gasteiger charge is -2.19. The molecule has 0 spiro atoms. The van der Waals surface area contributed by atoms with Gasteiger partial charge in [-0.1, -0.05) is 0 Å². The molecule has 0 bridgehead atoms. The summed E-state index contributed by atoms with van der Waals surface area (Å²) in [5.41, 5.74) is 9.59. The summed E-state index contributed by atoms with van der Waals surface area (Å²) >= 11 is 2.98. The first kappa shape index (κ1) is 16.6. The fourth-order valence-electron chi connectivity index (χ4n) is 1.54. The molecule has 0 aliphatic rings. The summed E-state index contributed by atoms with van der Waals surface area (Å²) in [6.07, 6.45) is 0. The molecule has 0 aromatic heterocycles. The van der Waals surface area contributed by atoms with E-state index in [0.717, 1.165) is 11.0 Å². The van der Waals surface area contributed by atoms with Crippen molar-refractivity contribution in [3.05, 3.63) is 38.3 Å². The molecule has 0 saturated carbocycles. The van der Waals surface area contributed by atoms with Crippen LogP contribution in [0.1, 0.15) is 10.4 Å². The van der Waals surface area contributed by atoms with Crippen molar-refractivity contribution in [3.63, 3.8) is 0 Å². The molecule has 0 saturated heterocycles. The number of amides is 3. The van der Waals surface area contributed by atoms with Crippen molar-refractivity contribution in [2.24, 2.45) is 11.5 Å². The molecule has 0 radical (unpaired) electrons. The number of hydrogen-bond donors (Lipinski definition) is 2. The zero-order valence-electron chi connectivity index (χ0n) is 10.6. The Kier molecular flexibility index (Phi) is 5.36. The number of halogens is 1. The van der Waals surface area contributed by atoms with Crippen LogP contribution in [0.15, 0.2) is 22.7 Å². The Morgan fingerprint density at radius 2 is 1.71 bits per heavy atom. The van der Waals surface area contributed by atoms with Crippen LogP contribution in [-0.2, 0) is 9.59 Å². The third-order valence-electron chi connectivity index (χ3n) is 2.37. The van der Waals surface area contributed by atoms with Crippen molar-refractivity contribution < 1.29 is 19.3 Å². The van der Waals surface area contributed by atoms with Gasteiger partial charge in [0.05, 0.1) is 9.40 Å². The summed E-state index contributed by atoms with van der Waals surface area (Å²) < 4.78 is 0.195. The van der Waals surface area contributed by atoms with Gasteiger partial charge in [0.1, 0.15) is 13.1 Å². The van der Waals surface area contributed by atoms with Crippen LogP contribution in [0.25, 0.3) is 0 Å². The molecule has 1 rings (SSSR count). The lowest BCUT2D eigenvalue weighted by Crippen LogP contribution is -2.43. The average Bonchev–Trinajstić information content (AvgIpc) is 2.36. The maximum atomic E-state index is 12.2. The van der Waals surface area contributed by atoms with Crippen molar-refractivity contribution in [3.8, 4) is 0 Å². The smallest absolute Gasteiger partial charge is 0.284 e. The molecular formula is C11H11BrN4O5. The van der Waals surface area contributed by atoms with Crippen LogP contribution < -0.4 is 11.5 Å². The first-order chi connectivity index (χ1) is 9.72. The lowest BCUT2D eigenvalue weighted by atomic mass is 10.1. The first-order valence-corrected chi connectivity index (χ1v) is 6.31. The first-order valence-electron chi connectivity index (χ1n) is 5.52. The Labute approximate surface area is 127 Å². The second-order valence-corrected chi connectivity index (χ2v) is 4.87. The van der Waals surface area contributed by atoms with Gasteiger partial charge in [-0.25, -0.2) is 0 Å². The molecule has 4 N–H and O–H groups in total. The highest BCUT2D eigenvalue weighted by Crippen LogP contribution is 2.26. The third-order valence-corrected chi connectivity index (χ3v) is 3.04. The summed E-state index contributed by atoms with van der Waals surface area (Å²) in [4.78, 5) is 45.0. The molecule has 0 aliphatic carbocycles. The highest BCUT2D eigenvalue weighted by atomic mass is 79.9. The predicted molar refractivity (Wildman–Crippen MR) is 75.1 cm³/mol. The number of carbonyl (C=O) groups is 3. The maximum absolute atomic E-state index is 12.2. The Hall–Kier alpha value is -2.49. The van der Waals surface area contributed by atoms with Gasteiger partial charge in [-0.2, -0.15) is 0 Å². The Morgan fingerprint density at radius 1 is 1.19 bits per heavy atom. The molecule has 0 heterocycles. The second kappa shape index (κ2) is 6.79. The van der Waals surface area contributed by atoms with Crippen LogP contribution in [0, 0.1) is 10.1 Å². The molecule has 0 unspecified atom stereocenters. The molecule has 9 nitrogen and oxygen atoms in total. The van der Waals surface area contributed by atoms with E-state index in [-0.39, 0.29) is 15.7 Å². The number of hydrogen-bond acceptors (Lipinski definition) is 5. The summed E-state index contributed by atoms with van der Waals surface area (Å²) in [7, 11) is 0. The van der Waals surface area contributed by atoms with Crippen LogP contribution in [-0.4, -0.2) is 40.6 Å². The summed E-state index contributed by atoms with van der Waals surface area (Å²) in [5.74, 6) is -2.43. The molecular weight excluding hydrogens is 348 g/mol. The molecule has 0 fully saturated rings. The average molecular weight is 359 g/mol.